The Bertz CT molecular complexity index is 887. The third-order valence-corrected chi connectivity index (χ3v) is 7.72. The molecule has 5 nitrogen and oxygen atoms in total. The number of anilines is 1. The van der Waals surface area contributed by atoms with E-state index in [9.17, 15) is 0 Å². The number of fused-ring (bicyclic) bond motifs is 3. The Kier molecular flexibility index (Phi) is 4.71. The molecule has 1 aromatic heterocycles. The normalized spacial score (nSPS) is 29.9. The fourth-order valence-electron chi connectivity index (χ4n) is 6.26. The van der Waals surface area contributed by atoms with Crippen LogP contribution in [0, 0.1) is 17.3 Å². The first-order valence-electron chi connectivity index (χ1n) is 11.4. The summed E-state index contributed by atoms with van der Waals surface area (Å²) in [6.45, 7) is 4.20. The molecule has 0 bridgehead atoms. The number of benzene rings is 1. The zero-order chi connectivity index (χ0) is 20.2. The standard InChI is InChI=1S/C24H35N5/c1-3-4-9-20-27-21-22(18-7-5-6-8-19(18)28(2)23(21)26)29(20)15-17-12-24(13-17)10-16(11-24)14-25/h5-8,16-17,23H,3-4,9-15,25-26H2,1-2H3. The topological polar surface area (TPSA) is 73.1 Å². The maximum absolute atomic E-state index is 6.64. The van der Waals surface area contributed by atoms with E-state index in [1.54, 1.807) is 0 Å². The second-order valence-corrected chi connectivity index (χ2v) is 9.83. The molecule has 2 aliphatic carbocycles. The number of aryl methyl sites for hydroxylation is 1. The highest BCUT2D eigenvalue weighted by molar-refractivity contribution is 5.82. The van der Waals surface area contributed by atoms with E-state index in [2.05, 4.69) is 47.7 Å². The van der Waals surface area contributed by atoms with Crippen molar-refractivity contribution in [2.75, 3.05) is 18.5 Å². The number of aromatic nitrogens is 2. The molecule has 5 rings (SSSR count). The lowest BCUT2D eigenvalue weighted by atomic mass is 9.48. The van der Waals surface area contributed by atoms with E-state index in [1.807, 2.05) is 0 Å². The van der Waals surface area contributed by atoms with Crippen LogP contribution < -0.4 is 16.4 Å². The molecular formula is C24H35N5. The summed E-state index contributed by atoms with van der Waals surface area (Å²) in [6.07, 6.45) is 8.64. The molecule has 2 saturated carbocycles. The molecule has 156 valence electrons. The van der Waals surface area contributed by atoms with Crippen molar-refractivity contribution in [1.82, 2.24) is 9.55 Å². The molecule has 1 aliphatic heterocycles. The van der Waals surface area contributed by atoms with Crippen molar-refractivity contribution in [3.8, 4) is 11.3 Å². The molecule has 0 amide bonds. The molecule has 1 spiro atoms. The van der Waals surface area contributed by atoms with Crippen LogP contribution in [0.3, 0.4) is 0 Å². The molecule has 2 fully saturated rings. The Balaban J connectivity index is 1.46. The van der Waals surface area contributed by atoms with Gasteiger partial charge in [-0.2, -0.15) is 0 Å². The number of hydrogen-bond acceptors (Lipinski definition) is 4. The molecule has 4 N–H and O–H groups in total. The van der Waals surface area contributed by atoms with Gasteiger partial charge < -0.3 is 20.9 Å². The van der Waals surface area contributed by atoms with Crippen molar-refractivity contribution in [2.45, 2.75) is 64.6 Å². The number of nitrogens with zero attached hydrogens (tertiary/aromatic N) is 3. The maximum atomic E-state index is 6.64. The number of nitrogens with two attached hydrogens (primary N) is 2. The molecule has 3 aliphatic rings. The first kappa shape index (κ1) is 19.1. The quantitative estimate of drug-likeness (QED) is 0.776. The number of unbranched alkanes of at least 4 members (excludes halogenated alkanes) is 1. The van der Waals surface area contributed by atoms with E-state index in [0.29, 0.717) is 5.41 Å². The maximum Gasteiger partial charge on any atom is 0.123 e. The van der Waals surface area contributed by atoms with Gasteiger partial charge >= 0.3 is 0 Å². The van der Waals surface area contributed by atoms with Crippen LogP contribution in [0.4, 0.5) is 5.69 Å². The van der Waals surface area contributed by atoms with Gasteiger partial charge in [0.25, 0.3) is 0 Å². The third kappa shape index (κ3) is 3.01. The number of para-hydroxylation sites is 1. The Hall–Kier alpha value is -1.85. The lowest BCUT2D eigenvalue weighted by molar-refractivity contribution is -0.0697. The van der Waals surface area contributed by atoms with Gasteiger partial charge in [-0.25, -0.2) is 4.98 Å². The zero-order valence-corrected chi connectivity index (χ0v) is 17.9. The van der Waals surface area contributed by atoms with Gasteiger partial charge in [-0.1, -0.05) is 31.5 Å². The Morgan fingerprint density at radius 2 is 1.86 bits per heavy atom. The van der Waals surface area contributed by atoms with Crippen LogP contribution in [0.15, 0.2) is 24.3 Å². The molecule has 29 heavy (non-hydrogen) atoms. The molecule has 0 saturated heterocycles. The summed E-state index contributed by atoms with van der Waals surface area (Å²) >= 11 is 0. The molecule has 1 aromatic carbocycles. The monoisotopic (exact) mass is 393 g/mol. The van der Waals surface area contributed by atoms with Gasteiger partial charge in [-0.3, -0.25) is 0 Å². The highest BCUT2D eigenvalue weighted by atomic mass is 15.3. The van der Waals surface area contributed by atoms with E-state index in [4.69, 9.17) is 16.5 Å². The van der Waals surface area contributed by atoms with Crippen LogP contribution >= 0.6 is 0 Å². The summed E-state index contributed by atoms with van der Waals surface area (Å²) in [5.41, 5.74) is 17.9. The predicted molar refractivity (Wildman–Crippen MR) is 119 cm³/mol. The van der Waals surface area contributed by atoms with Gasteiger partial charge in [0.15, 0.2) is 0 Å². The van der Waals surface area contributed by atoms with E-state index in [1.165, 1.54) is 61.3 Å². The largest absolute Gasteiger partial charge is 0.353 e. The van der Waals surface area contributed by atoms with Crippen LogP contribution in [-0.2, 0) is 13.0 Å². The van der Waals surface area contributed by atoms with Crippen LogP contribution in [0.1, 0.15) is 63.1 Å². The van der Waals surface area contributed by atoms with Crippen molar-refractivity contribution in [3.63, 3.8) is 0 Å². The van der Waals surface area contributed by atoms with E-state index in [0.717, 1.165) is 37.0 Å². The van der Waals surface area contributed by atoms with Gasteiger partial charge in [0, 0.05) is 31.3 Å². The van der Waals surface area contributed by atoms with Gasteiger partial charge in [-0.05, 0) is 62.0 Å². The first-order valence-corrected chi connectivity index (χ1v) is 11.4. The fraction of sp³-hybridized carbons (Fsp3) is 0.625. The second kappa shape index (κ2) is 7.13. The lowest BCUT2D eigenvalue weighted by Gasteiger charge is -2.58. The van der Waals surface area contributed by atoms with Gasteiger partial charge in [-0.15, -0.1) is 0 Å². The number of rotatable bonds is 6. The lowest BCUT2D eigenvalue weighted by Crippen LogP contribution is -2.50. The Labute approximate surface area is 174 Å². The highest BCUT2D eigenvalue weighted by Gasteiger charge is 2.52. The molecule has 1 unspecified atom stereocenters. The summed E-state index contributed by atoms with van der Waals surface area (Å²) in [7, 11) is 2.08. The fourth-order valence-corrected chi connectivity index (χ4v) is 6.26. The Morgan fingerprint density at radius 1 is 1.14 bits per heavy atom. The minimum Gasteiger partial charge on any atom is -0.353 e. The molecular weight excluding hydrogens is 358 g/mol. The third-order valence-electron chi connectivity index (χ3n) is 7.72. The molecule has 1 atom stereocenters. The molecule has 5 heteroatoms. The minimum absolute atomic E-state index is 0.175. The van der Waals surface area contributed by atoms with Gasteiger partial charge in [0.05, 0.1) is 5.69 Å². The van der Waals surface area contributed by atoms with Crippen molar-refractivity contribution in [2.24, 2.45) is 28.7 Å². The molecule has 0 radical (unpaired) electrons. The Morgan fingerprint density at radius 3 is 2.59 bits per heavy atom. The summed E-state index contributed by atoms with van der Waals surface area (Å²) in [4.78, 5) is 7.27. The van der Waals surface area contributed by atoms with Crippen molar-refractivity contribution in [3.05, 3.63) is 35.8 Å². The minimum atomic E-state index is -0.175. The summed E-state index contributed by atoms with van der Waals surface area (Å²) in [5.74, 6) is 2.76. The van der Waals surface area contributed by atoms with Gasteiger partial charge in [0.2, 0.25) is 0 Å². The van der Waals surface area contributed by atoms with Crippen molar-refractivity contribution in [1.29, 1.82) is 0 Å². The van der Waals surface area contributed by atoms with Gasteiger partial charge in [0.1, 0.15) is 17.7 Å². The van der Waals surface area contributed by atoms with E-state index < -0.39 is 0 Å². The van der Waals surface area contributed by atoms with E-state index >= 15 is 0 Å². The van der Waals surface area contributed by atoms with Crippen molar-refractivity contribution >= 4 is 5.69 Å². The summed E-state index contributed by atoms with van der Waals surface area (Å²) < 4.78 is 2.54. The highest BCUT2D eigenvalue weighted by Crippen LogP contribution is 2.61. The van der Waals surface area contributed by atoms with Crippen LogP contribution in [0.2, 0.25) is 0 Å². The van der Waals surface area contributed by atoms with Crippen molar-refractivity contribution < 1.29 is 0 Å². The number of imidazole rings is 1. The molecule has 2 heterocycles. The van der Waals surface area contributed by atoms with E-state index in [-0.39, 0.29) is 6.17 Å². The van der Waals surface area contributed by atoms with Crippen LogP contribution in [0.5, 0.6) is 0 Å². The SMILES string of the molecule is CCCCc1nc2c(n1CC1CC3(CC(CN)C3)C1)-c1ccccc1N(C)C2N. The van der Waals surface area contributed by atoms with Crippen LogP contribution in [-0.4, -0.2) is 23.1 Å². The smallest absolute Gasteiger partial charge is 0.123 e. The predicted octanol–water partition coefficient (Wildman–Crippen LogP) is 4.06. The number of hydrogen-bond donors (Lipinski definition) is 2. The summed E-state index contributed by atoms with van der Waals surface area (Å²) in [5, 5.41) is 0. The van der Waals surface area contributed by atoms with Crippen LogP contribution in [0.25, 0.3) is 11.3 Å². The summed E-state index contributed by atoms with van der Waals surface area (Å²) in [6, 6.07) is 8.65. The molecule has 2 aromatic rings. The first-order chi connectivity index (χ1) is 14.0. The average Bonchev–Trinajstić information content (AvgIpc) is 3.03. The average molecular weight is 394 g/mol. The zero-order valence-electron chi connectivity index (χ0n) is 17.9. The second-order valence-electron chi connectivity index (χ2n) is 9.83.